The number of aliphatic hydroxyl groups excluding tert-OH is 5. The summed E-state index contributed by atoms with van der Waals surface area (Å²) in [6.07, 6.45) is 9.60. The number of rotatable bonds is 11. The lowest BCUT2D eigenvalue weighted by Gasteiger charge is -2.48. The van der Waals surface area contributed by atoms with E-state index in [4.69, 9.17) is 56.8 Å². The third-order valence-corrected chi connectivity index (χ3v) is 18.0. The average Bonchev–Trinajstić information content (AvgIpc) is 0.779. The molecule has 5 aliphatic heterocycles. The van der Waals surface area contributed by atoms with Crippen molar-refractivity contribution in [2.45, 2.75) is 196 Å². The minimum Gasteiger partial charge on any atom is -0.497 e. The van der Waals surface area contributed by atoms with Crippen LogP contribution in [-0.4, -0.2) is 169 Å². The highest BCUT2D eigenvalue weighted by molar-refractivity contribution is 5.79. The van der Waals surface area contributed by atoms with Crippen molar-refractivity contribution >= 4 is 17.8 Å². The number of ether oxygens (including phenoxy) is 12. The van der Waals surface area contributed by atoms with E-state index in [-0.39, 0.29) is 57.3 Å². The Bertz CT molecular complexity index is 3060. The lowest BCUT2D eigenvalue weighted by molar-refractivity contribution is -0.333. The molecular weight excluding hydrogens is 1210 g/mol. The molecule has 8 rings (SSSR count). The van der Waals surface area contributed by atoms with Gasteiger partial charge in [-0.15, -0.1) is 0 Å². The maximum atomic E-state index is 13.9. The van der Waals surface area contributed by atoms with E-state index < -0.39 is 140 Å². The molecular formula is C73H95NO20. The lowest BCUT2D eigenvalue weighted by Crippen LogP contribution is -2.64. The number of carbonyl (C=O) groups excluding carboxylic acids is 3. The summed E-state index contributed by atoms with van der Waals surface area (Å²) in [5, 5.41) is 62.0. The van der Waals surface area contributed by atoms with Crippen LogP contribution in [0.2, 0.25) is 0 Å². The fraction of sp³-hybridized carbons (Fsp3) is 0.521. The summed E-state index contributed by atoms with van der Waals surface area (Å²) in [5.41, 5.74) is 2.04. The second-order valence-corrected chi connectivity index (χ2v) is 24.7. The first-order chi connectivity index (χ1) is 45.3. The molecule has 94 heavy (non-hydrogen) atoms. The van der Waals surface area contributed by atoms with Crippen LogP contribution in [0.25, 0.3) is 0 Å². The summed E-state index contributed by atoms with van der Waals surface area (Å²) in [5.74, 6) is -4.09. The Morgan fingerprint density at radius 2 is 1.15 bits per heavy atom. The minimum atomic E-state index is -1.65. The molecule has 21 atom stereocenters. The van der Waals surface area contributed by atoms with Crippen molar-refractivity contribution in [2.75, 3.05) is 28.4 Å². The molecule has 21 nitrogen and oxygen atoms in total. The maximum Gasteiger partial charge on any atom is 0.313 e. The second-order valence-electron chi connectivity index (χ2n) is 24.7. The zero-order valence-corrected chi connectivity index (χ0v) is 54.9. The van der Waals surface area contributed by atoms with Crippen molar-refractivity contribution < 1.29 is 96.8 Å². The number of benzene rings is 3. The van der Waals surface area contributed by atoms with Crippen molar-refractivity contribution in [2.24, 2.45) is 17.8 Å². The van der Waals surface area contributed by atoms with E-state index in [0.717, 1.165) is 5.56 Å². The van der Waals surface area contributed by atoms with E-state index >= 15 is 0 Å². The Morgan fingerprint density at radius 1 is 0.574 bits per heavy atom. The molecule has 5 heterocycles. The van der Waals surface area contributed by atoms with Crippen molar-refractivity contribution in [3.63, 3.8) is 0 Å². The lowest BCUT2D eigenvalue weighted by atomic mass is 9.82. The third-order valence-electron chi connectivity index (χ3n) is 18.0. The predicted octanol–water partition coefficient (Wildman–Crippen LogP) is 8.39. The molecule has 3 aromatic rings. The standard InChI is InChI=1S/C73H95NO20/c1-45-24-20-17-15-13-11-9-10-12-14-16-18-23-27-54(90-72-68(81)65(67(80)48(4)88-72)74-62(77)38-49-25-21-19-22-26-49)40-61-64(69(82)85-7)59(76)44-73(86-8,94-61)43-57-41-60(93-71(92-57)51-30-34-53(84-6)35-31-51)58(75)37-36-55-39-56(42-63(78)87-47(3)46(2)66(45)79)91-70(89-55)50-28-32-52(83-5)33-29-50/h9-35,45-48,54-61,64-68,70-72,75-76,79-81H,36-44H2,1-8H3,(H,74,77)/b10-9+,13-11+,14-12+,17-15+,18-16+,24-20+,27-23+/t45-,46-,47-,48+,54-,55+,56+,57-,58+,59-,60+,61-,64+,65-,66+,67+,68-,70?,71?,72-,73+/m0/s1. The van der Waals surface area contributed by atoms with Gasteiger partial charge < -0.3 is 87.7 Å². The van der Waals surface area contributed by atoms with Crippen LogP contribution in [0.3, 0.4) is 0 Å². The maximum absolute atomic E-state index is 13.9. The molecule has 1 amide bonds. The van der Waals surface area contributed by atoms with Gasteiger partial charge in [-0.1, -0.05) is 154 Å². The highest BCUT2D eigenvalue weighted by Gasteiger charge is 2.54. The number of allylic oxidation sites excluding steroid dienone is 12. The Kier molecular flexibility index (Phi) is 27.9. The molecule has 5 aliphatic rings. The van der Waals surface area contributed by atoms with Gasteiger partial charge in [-0.25, -0.2) is 0 Å². The summed E-state index contributed by atoms with van der Waals surface area (Å²) < 4.78 is 74.6. The van der Waals surface area contributed by atoms with E-state index in [1.165, 1.54) is 14.2 Å². The van der Waals surface area contributed by atoms with E-state index in [9.17, 15) is 39.9 Å². The van der Waals surface area contributed by atoms with Gasteiger partial charge >= 0.3 is 11.9 Å². The fourth-order valence-electron chi connectivity index (χ4n) is 12.4. The van der Waals surface area contributed by atoms with Crippen LogP contribution in [0.15, 0.2) is 164 Å². The number of hydrogen-bond donors (Lipinski definition) is 6. The quantitative estimate of drug-likeness (QED) is 0.0983. The molecule has 2 unspecified atom stereocenters. The van der Waals surface area contributed by atoms with Crippen LogP contribution >= 0.6 is 0 Å². The van der Waals surface area contributed by atoms with Crippen molar-refractivity contribution in [1.29, 1.82) is 0 Å². The normalized spacial score (nSPS) is 37.6. The molecule has 4 saturated heterocycles. The van der Waals surface area contributed by atoms with Crippen molar-refractivity contribution in [3.8, 4) is 11.5 Å². The molecule has 4 fully saturated rings. The Labute approximate surface area is 551 Å². The highest BCUT2D eigenvalue weighted by Crippen LogP contribution is 2.44. The minimum absolute atomic E-state index is 0.0162. The van der Waals surface area contributed by atoms with Gasteiger partial charge in [0.15, 0.2) is 24.7 Å². The number of nitrogens with one attached hydrogen (secondary N) is 1. The molecule has 512 valence electrons. The van der Waals surface area contributed by atoms with Crippen LogP contribution in [-0.2, 0) is 68.2 Å². The van der Waals surface area contributed by atoms with Gasteiger partial charge in [0, 0.05) is 62.2 Å². The zero-order chi connectivity index (χ0) is 67.3. The van der Waals surface area contributed by atoms with Gasteiger partial charge in [-0.3, -0.25) is 14.4 Å². The van der Waals surface area contributed by atoms with Crippen LogP contribution in [0, 0.1) is 17.8 Å². The summed E-state index contributed by atoms with van der Waals surface area (Å²) in [4.78, 5) is 41.1. The van der Waals surface area contributed by atoms with E-state index in [2.05, 4.69) is 5.32 Å². The number of cyclic esters (lactones) is 1. The first-order valence-corrected chi connectivity index (χ1v) is 32.4. The molecule has 0 aromatic heterocycles. The molecule has 6 bridgehead atoms. The second kappa shape index (κ2) is 35.9. The van der Waals surface area contributed by atoms with E-state index in [1.807, 2.05) is 105 Å². The van der Waals surface area contributed by atoms with Crippen LogP contribution in [0.4, 0.5) is 0 Å². The number of carbonyl (C=O) groups is 3. The number of amides is 1. The van der Waals surface area contributed by atoms with Crippen LogP contribution in [0.5, 0.6) is 11.5 Å². The van der Waals surface area contributed by atoms with E-state index in [0.29, 0.717) is 29.0 Å². The number of esters is 2. The smallest absolute Gasteiger partial charge is 0.313 e. The van der Waals surface area contributed by atoms with Gasteiger partial charge in [0.05, 0.1) is 101 Å². The molecule has 0 radical (unpaired) electrons. The number of fused-ring (bicyclic) bond motifs is 6. The van der Waals surface area contributed by atoms with E-state index in [1.54, 1.807) is 101 Å². The van der Waals surface area contributed by atoms with Gasteiger partial charge in [-0.2, -0.15) is 0 Å². The van der Waals surface area contributed by atoms with Crippen molar-refractivity contribution in [3.05, 3.63) is 181 Å². The molecule has 6 N–H and O–H groups in total. The fourth-order valence-corrected chi connectivity index (χ4v) is 12.4. The Morgan fingerprint density at radius 3 is 1.74 bits per heavy atom. The topological polar surface area (TPSA) is 275 Å². The van der Waals surface area contributed by atoms with Gasteiger partial charge in [-0.05, 0) is 56.5 Å². The van der Waals surface area contributed by atoms with Crippen LogP contribution in [0.1, 0.15) is 108 Å². The number of aliphatic hydroxyl groups is 5. The molecule has 0 saturated carbocycles. The summed E-state index contributed by atoms with van der Waals surface area (Å²) in [7, 11) is 5.77. The largest absolute Gasteiger partial charge is 0.497 e. The van der Waals surface area contributed by atoms with Crippen LogP contribution < -0.4 is 14.8 Å². The van der Waals surface area contributed by atoms with Gasteiger partial charge in [0.2, 0.25) is 5.91 Å². The van der Waals surface area contributed by atoms with Crippen molar-refractivity contribution in [1.82, 2.24) is 5.32 Å². The summed E-state index contributed by atoms with van der Waals surface area (Å²) in [6.45, 7) is 7.11. The summed E-state index contributed by atoms with van der Waals surface area (Å²) in [6, 6.07) is 22.2. The Hall–Kier alpha value is -6.67. The average molecular weight is 1310 g/mol. The molecule has 3 aromatic carbocycles. The monoisotopic (exact) mass is 1310 g/mol. The first-order valence-electron chi connectivity index (χ1n) is 32.4. The summed E-state index contributed by atoms with van der Waals surface area (Å²) >= 11 is 0. The SMILES string of the molecule is COC(=O)[C@H]1[C@@H]2C[C@@H](O[C@@H]3O[C@H](C)[C@@H](O)[C@H](NC(=O)Cc4ccccc4)[C@@H]3O)/C=C/C=C/C=C/C=C/C=C/C=C/C=C/[C@H](C)[C@@H](O)[C@@H](C)[C@H](C)OC(=O)C[C@H]3C[C@@H](CC[C@@H](O)[C@H]4C[C@@H](C[C@](OC)(C[C@@H]1O)O2)OC(c1ccc(OC)cc1)O4)OC(c1ccc(OC)cc1)O3. The predicted molar refractivity (Wildman–Crippen MR) is 347 cm³/mol. The molecule has 0 aliphatic carbocycles. The Balaban J connectivity index is 1.10. The molecule has 21 heteroatoms. The number of hydrogen-bond acceptors (Lipinski definition) is 20. The van der Waals surface area contributed by atoms with Gasteiger partial charge in [0.1, 0.15) is 35.7 Å². The molecule has 0 spiro atoms. The highest BCUT2D eigenvalue weighted by atomic mass is 16.7. The first kappa shape index (κ1) is 73.1. The van der Waals surface area contributed by atoms with Gasteiger partial charge in [0.25, 0.3) is 0 Å². The zero-order valence-electron chi connectivity index (χ0n) is 54.9. The number of methoxy groups -OCH3 is 4. The third kappa shape index (κ3) is 20.7.